The Kier molecular flexibility index (Phi) is 8.78. The molecule has 0 aromatic heterocycles. The lowest BCUT2D eigenvalue weighted by molar-refractivity contribution is 0.633. The van der Waals surface area contributed by atoms with Gasteiger partial charge in [-0.05, 0) is 125 Å². The number of nitrogens with zero attached hydrogens (tertiary/aromatic N) is 1. The van der Waals surface area contributed by atoms with Gasteiger partial charge in [-0.2, -0.15) is 0 Å². The van der Waals surface area contributed by atoms with Crippen LogP contribution in [0, 0.1) is 0 Å². The fourth-order valence-corrected chi connectivity index (χ4v) is 12.7. The molecule has 0 fully saturated rings. The van der Waals surface area contributed by atoms with Gasteiger partial charge in [0.05, 0.1) is 16.5 Å². The molecule has 0 saturated carbocycles. The minimum absolute atomic E-state index is 0.492. The van der Waals surface area contributed by atoms with Gasteiger partial charge in [-0.3, -0.25) is 0 Å². The Labute approximate surface area is 403 Å². The third-order valence-corrected chi connectivity index (χ3v) is 15.4. The number of benzene rings is 11. The van der Waals surface area contributed by atoms with Crippen molar-refractivity contribution in [2.75, 3.05) is 4.90 Å². The Hall–Kier alpha value is -8.78. The minimum Gasteiger partial charge on any atom is -0.310 e. The highest BCUT2D eigenvalue weighted by molar-refractivity contribution is 6.00. The molecule has 0 saturated heterocycles. The first-order chi connectivity index (χ1) is 34.3. The van der Waals surface area contributed by atoms with Crippen LogP contribution < -0.4 is 4.90 Å². The molecule has 0 amide bonds. The lowest BCUT2D eigenvalue weighted by Crippen LogP contribution is -2.43. The molecule has 1 heteroatoms. The van der Waals surface area contributed by atoms with E-state index in [1.165, 1.54) is 100 Å². The van der Waals surface area contributed by atoms with Crippen molar-refractivity contribution in [1.29, 1.82) is 0 Å². The molecule has 1 nitrogen and oxygen atoms in total. The number of anilines is 3. The van der Waals surface area contributed by atoms with Crippen LogP contribution in [-0.2, 0) is 10.8 Å². The van der Waals surface area contributed by atoms with E-state index in [0.29, 0.717) is 0 Å². The van der Waals surface area contributed by atoms with Gasteiger partial charge < -0.3 is 4.90 Å². The normalized spacial score (nSPS) is 13.7. The van der Waals surface area contributed by atoms with Gasteiger partial charge in [0.2, 0.25) is 0 Å². The third kappa shape index (κ3) is 5.53. The van der Waals surface area contributed by atoms with Gasteiger partial charge in [-0.25, -0.2) is 0 Å². The highest BCUT2D eigenvalue weighted by Gasteiger charge is 2.59. The maximum absolute atomic E-state index is 2.49. The first-order valence-corrected chi connectivity index (χ1v) is 24.1. The summed E-state index contributed by atoms with van der Waals surface area (Å²) in [5.41, 5.74) is 25.3. The van der Waals surface area contributed by atoms with Crippen LogP contribution in [0.5, 0.6) is 0 Å². The quantitative estimate of drug-likeness (QED) is 0.161. The van der Waals surface area contributed by atoms with Crippen molar-refractivity contribution in [3.63, 3.8) is 0 Å². The maximum Gasteiger partial charge on any atom is 0.0720 e. The van der Waals surface area contributed by atoms with Gasteiger partial charge in [-0.15, -0.1) is 0 Å². The molecular formula is C68H45N. The second-order valence-corrected chi connectivity index (χ2v) is 18.6. The van der Waals surface area contributed by atoms with Gasteiger partial charge in [0, 0.05) is 16.9 Å². The van der Waals surface area contributed by atoms with Crippen molar-refractivity contribution >= 4 is 17.1 Å². The average molecular weight is 876 g/mol. The Bertz CT molecular complexity index is 3680. The summed E-state index contributed by atoms with van der Waals surface area (Å²) in [6, 6.07) is 102. The first-order valence-electron chi connectivity index (χ1n) is 24.1. The van der Waals surface area contributed by atoms with Crippen LogP contribution in [0.15, 0.2) is 273 Å². The molecule has 0 aliphatic heterocycles. The van der Waals surface area contributed by atoms with Gasteiger partial charge in [-0.1, -0.05) is 243 Å². The van der Waals surface area contributed by atoms with Crippen LogP contribution in [0.2, 0.25) is 0 Å². The molecule has 0 radical (unpaired) electrons. The Morgan fingerprint density at radius 3 is 1.01 bits per heavy atom. The zero-order chi connectivity index (χ0) is 45.5. The van der Waals surface area contributed by atoms with Gasteiger partial charge in [0.15, 0.2) is 0 Å². The van der Waals surface area contributed by atoms with E-state index in [1.807, 2.05) is 0 Å². The summed E-state index contributed by atoms with van der Waals surface area (Å²) in [4.78, 5) is 2.49. The van der Waals surface area contributed by atoms with Crippen molar-refractivity contribution in [3.8, 4) is 55.6 Å². The third-order valence-electron chi connectivity index (χ3n) is 15.4. The monoisotopic (exact) mass is 875 g/mol. The topological polar surface area (TPSA) is 3.24 Å². The van der Waals surface area contributed by atoms with Crippen LogP contribution in [0.25, 0.3) is 55.6 Å². The summed E-state index contributed by atoms with van der Waals surface area (Å²) in [6.45, 7) is 0. The largest absolute Gasteiger partial charge is 0.310 e. The molecule has 0 heterocycles. The molecule has 11 aromatic rings. The van der Waals surface area contributed by atoms with Crippen molar-refractivity contribution in [2.24, 2.45) is 0 Å². The van der Waals surface area contributed by atoms with Gasteiger partial charge >= 0.3 is 0 Å². The number of hydrogen-bond donors (Lipinski definition) is 0. The number of rotatable bonds is 6. The highest BCUT2D eigenvalue weighted by atomic mass is 15.1. The van der Waals surface area contributed by atoms with Crippen LogP contribution in [0.4, 0.5) is 17.1 Å². The molecule has 0 N–H and O–H groups in total. The van der Waals surface area contributed by atoms with Crippen molar-refractivity contribution in [2.45, 2.75) is 10.8 Å². The van der Waals surface area contributed by atoms with Gasteiger partial charge in [0.1, 0.15) is 0 Å². The standard InChI is InChI=1S/C68H45N/c1-3-20-46(21-4-1)47-38-42-50(43-39-47)69(51-44-40-49(41-45-51)53-25-8-7-24-52(53)48-22-5-2-6-23-48)65-37-19-36-64-66(65)56-28-11-14-31-59(56)68(64)62-34-17-15-32-60(62)67(61-33-16-18-35-63(61)68)57-29-12-9-26-54(57)55-27-10-13-30-58(55)67/h1-45H. The molecule has 69 heavy (non-hydrogen) atoms. The fourth-order valence-electron chi connectivity index (χ4n) is 12.7. The van der Waals surface area contributed by atoms with E-state index in [4.69, 9.17) is 0 Å². The molecule has 3 aliphatic carbocycles. The van der Waals surface area contributed by atoms with Crippen molar-refractivity contribution in [1.82, 2.24) is 0 Å². The second-order valence-electron chi connectivity index (χ2n) is 18.6. The molecule has 0 atom stereocenters. The van der Waals surface area contributed by atoms with Crippen LogP contribution in [-0.4, -0.2) is 0 Å². The fraction of sp³-hybridized carbons (Fsp3) is 0.0294. The summed E-state index contributed by atoms with van der Waals surface area (Å²) >= 11 is 0. The average Bonchev–Trinajstić information content (AvgIpc) is 3.90. The first kappa shape index (κ1) is 39.4. The molecule has 0 bridgehead atoms. The Morgan fingerprint density at radius 2 is 0.522 bits per heavy atom. The molecule has 0 unspecified atom stereocenters. The maximum atomic E-state index is 2.49. The molecule has 14 rings (SSSR count). The zero-order valence-electron chi connectivity index (χ0n) is 37.9. The van der Waals surface area contributed by atoms with E-state index in [-0.39, 0.29) is 0 Å². The van der Waals surface area contributed by atoms with Crippen molar-refractivity contribution in [3.05, 3.63) is 317 Å². The predicted molar refractivity (Wildman–Crippen MR) is 286 cm³/mol. The summed E-state index contributed by atoms with van der Waals surface area (Å²) in [6.07, 6.45) is 0. The summed E-state index contributed by atoms with van der Waals surface area (Å²) in [5, 5.41) is 0. The van der Waals surface area contributed by atoms with E-state index in [2.05, 4.69) is 278 Å². The van der Waals surface area contributed by atoms with Crippen LogP contribution >= 0.6 is 0 Å². The van der Waals surface area contributed by atoms with E-state index >= 15 is 0 Å². The summed E-state index contributed by atoms with van der Waals surface area (Å²) < 4.78 is 0. The Morgan fingerprint density at radius 1 is 0.203 bits per heavy atom. The van der Waals surface area contributed by atoms with E-state index in [1.54, 1.807) is 0 Å². The molecular weight excluding hydrogens is 831 g/mol. The summed E-state index contributed by atoms with van der Waals surface area (Å²) in [5.74, 6) is 0. The second kappa shape index (κ2) is 15.4. The van der Waals surface area contributed by atoms with E-state index < -0.39 is 10.8 Å². The molecule has 322 valence electrons. The minimum atomic E-state index is -0.597. The van der Waals surface area contributed by atoms with Crippen molar-refractivity contribution < 1.29 is 0 Å². The smallest absolute Gasteiger partial charge is 0.0720 e. The SMILES string of the molecule is c1ccc(-c2ccc(N(c3ccc(-c4ccccc4-c4ccccc4)cc3)c3cccc4c3-c3ccccc3C43c4ccccc4C4(c5ccccc5-c5ccccc54)c4ccccc43)cc2)cc1. The molecule has 2 spiro atoms. The van der Waals surface area contributed by atoms with Gasteiger partial charge in [0.25, 0.3) is 0 Å². The molecule has 11 aromatic carbocycles. The zero-order valence-corrected chi connectivity index (χ0v) is 37.9. The lowest BCUT2D eigenvalue weighted by atomic mass is 9.52. The highest BCUT2D eigenvalue weighted by Crippen LogP contribution is 2.68. The number of hydrogen-bond acceptors (Lipinski definition) is 1. The molecule has 3 aliphatic rings. The Balaban J connectivity index is 1.01. The predicted octanol–water partition coefficient (Wildman–Crippen LogP) is 17.2. The lowest BCUT2D eigenvalue weighted by Gasteiger charge is -2.48. The van der Waals surface area contributed by atoms with E-state index in [0.717, 1.165) is 17.1 Å². The summed E-state index contributed by atoms with van der Waals surface area (Å²) in [7, 11) is 0. The number of fused-ring (bicyclic) bond motifs is 16. The van der Waals surface area contributed by atoms with Crippen LogP contribution in [0.3, 0.4) is 0 Å². The van der Waals surface area contributed by atoms with Crippen LogP contribution in [0.1, 0.15) is 44.5 Å². The van der Waals surface area contributed by atoms with E-state index in [9.17, 15) is 0 Å².